The largest absolute Gasteiger partial charge is 0.507 e. The van der Waals surface area contributed by atoms with Gasteiger partial charge in [0.2, 0.25) is 5.13 Å². The zero-order chi connectivity index (χ0) is 24.4. The van der Waals surface area contributed by atoms with Crippen molar-refractivity contribution in [1.29, 1.82) is 0 Å². The topological polar surface area (TPSA) is 96.3 Å². The Morgan fingerprint density at radius 2 is 1.71 bits per heavy atom. The van der Waals surface area contributed by atoms with Crippen molar-refractivity contribution >= 4 is 45.7 Å². The first kappa shape index (κ1) is 22.9. The van der Waals surface area contributed by atoms with E-state index >= 15 is 0 Å². The van der Waals surface area contributed by atoms with Crippen LogP contribution in [-0.4, -0.2) is 32.0 Å². The number of carbonyl (C=O) groups is 2. The number of benzene rings is 2. The van der Waals surface area contributed by atoms with Crippen LogP contribution in [0, 0.1) is 5.82 Å². The van der Waals surface area contributed by atoms with E-state index in [9.17, 15) is 19.1 Å². The SMILES string of the molecule is O=C1C(=O)N(c2nnc(SCc3ccccc3)s2)C(c2ccccc2F)/C1=C(\O)c1ccncc1. The summed E-state index contributed by atoms with van der Waals surface area (Å²) in [6.07, 6.45) is 2.90. The van der Waals surface area contributed by atoms with E-state index in [4.69, 9.17) is 0 Å². The third-order valence-corrected chi connectivity index (χ3v) is 7.53. The summed E-state index contributed by atoms with van der Waals surface area (Å²) in [4.78, 5) is 31.3. The molecule has 1 atom stereocenters. The van der Waals surface area contributed by atoms with Gasteiger partial charge in [-0.25, -0.2) is 4.39 Å². The van der Waals surface area contributed by atoms with Crippen molar-refractivity contribution in [3.63, 3.8) is 0 Å². The van der Waals surface area contributed by atoms with Gasteiger partial charge < -0.3 is 5.11 Å². The Bertz CT molecular complexity index is 1430. The van der Waals surface area contributed by atoms with Crippen LogP contribution in [0.1, 0.15) is 22.7 Å². The summed E-state index contributed by atoms with van der Waals surface area (Å²) in [5.41, 5.74) is 1.23. The molecule has 0 saturated carbocycles. The van der Waals surface area contributed by atoms with Gasteiger partial charge in [0, 0.05) is 29.3 Å². The molecule has 1 N–H and O–H groups in total. The lowest BCUT2D eigenvalue weighted by Crippen LogP contribution is -2.29. The van der Waals surface area contributed by atoms with Crippen molar-refractivity contribution in [2.75, 3.05) is 4.90 Å². The number of anilines is 1. The lowest BCUT2D eigenvalue weighted by Gasteiger charge is -2.22. The number of halogens is 1. The molecule has 3 heterocycles. The van der Waals surface area contributed by atoms with E-state index in [1.54, 1.807) is 6.07 Å². The number of hydrogen-bond acceptors (Lipinski definition) is 8. The monoisotopic (exact) mass is 504 g/mol. The zero-order valence-electron chi connectivity index (χ0n) is 18.0. The normalized spacial score (nSPS) is 17.2. The summed E-state index contributed by atoms with van der Waals surface area (Å²) < 4.78 is 15.5. The van der Waals surface area contributed by atoms with Crippen molar-refractivity contribution in [3.05, 3.63) is 107 Å². The van der Waals surface area contributed by atoms with E-state index in [0.29, 0.717) is 10.1 Å². The molecule has 1 fully saturated rings. The van der Waals surface area contributed by atoms with Gasteiger partial charge in [-0.1, -0.05) is 71.6 Å². The third-order valence-electron chi connectivity index (χ3n) is 5.41. The van der Waals surface area contributed by atoms with Crippen molar-refractivity contribution in [1.82, 2.24) is 15.2 Å². The second-order valence-electron chi connectivity index (χ2n) is 7.55. The fourth-order valence-corrected chi connectivity index (χ4v) is 5.59. The number of thioether (sulfide) groups is 1. The molecule has 1 aliphatic heterocycles. The van der Waals surface area contributed by atoms with Gasteiger partial charge in [-0.3, -0.25) is 19.5 Å². The number of hydrogen-bond donors (Lipinski definition) is 1. The number of amides is 1. The highest BCUT2D eigenvalue weighted by atomic mass is 32.2. The van der Waals surface area contributed by atoms with E-state index in [-0.39, 0.29) is 21.8 Å². The molecule has 0 radical (unpaired) electrons. The minimum absolute atomic E-state index is 0.0657. The Morgan fingerprint density at radius 3 is 2.46 bits per heavy atom. The number of nitrogens with zero attached hydrogens (tertiary/aromatic N) is 4. The number of aliphatic hydroxyl groups is 1. The maximum absolute atomic E-state index is 14.9. The van der Waals surface area contributed by atoms with Gasteiger partial charge in [0.15, 0.2) is 4.34 Å². The Morgan fingerprint density at radius 1 is 1.00 bits per heavy atom. The fourth-order valence-electron chi connectivity index (χ4n) is 3.76. The molecule has 0 bridgehead atoms. The first-order valence-electron chi connectivity index (χ1n) is 10.5. The van der Waals surface area contributed by atoms with Crippen molar-refractivity contribution < 1.29 is 19.1 Å². The van der Waals surface area contributed by atoms with Crippen molar-refractivity contribution in [2.24, 2.45) is 0 Å². The summed E-state index contributed by atoms with van der Waals surface area (Å²) >= 11 is 2.56. The zero-order valence-corrected chi connectivity index (χ0v) is 19.7. The maximum atomic E-state index is 14.9. The van der Waals surface area contributed by atoms with E-state index in [2.05, 4.69) is 15.2 Å². The van der Waals surface area contributed by atoms with Gasteiger partial charge in [-0.2, -0.15) is 0 Å². The van der Waals surface area contributed by atoms with E-state index in [1.165, 1.54) is 54.5 Å². The summed E-state index contributed by atoms with van der Waals surface area (Å²) in [5, 5.41) is 19.4. The first-order valence-corrected chi connectivity index (χ1v) is 12.3. The molecule has 174 valence electrons. The molecule has 10 heteroatoms. The van der Waals surface area contributed by atoms with Crippen LogP contribution in [0.2, 0.25) is 0 Å². The fraction of sp³-hybridized carbons (Fsp3) is 0.0800. The first-order chi connectivity index (χ1) is 17.0. The van der Waals surface area contributed by atoms with Gasteiger partial charge in [0.05, 0.1) is 5.57 Å². The van der Waals surface area contributed by atoms with Crippen LogP contribution < -0.4 is 4.90 Å². The predicted octanol–water partition coefficient (Wildman–Crippen LogP) is 4.99. The van der Waals surface area contributed by atoms with Crippen LogP contribution in [-0.2, 0) is 15.3 Å². The number of rotatable bonds is 6. The van der Waals surface area contributed by atoms with Crippen molar-refractivity contribution in [2.45, 2.75) is 16.1 Å². The maximum Gasteiger partial charge on any atom is 0.301 e. The average molecular weight is 505 g/mol. The van der Waals surface area contributed by atoms with Gasteiger partial charge in [0.25, 0.3) is 5.78 Å². The molecule has 1 saturated heterocycles. The predicted molar refractivity (Wildman–Crippen MR) is 131 cm³/mol. The Kier molecular flexibility index (Phi) is 6.39. The van der Waals surface area contributed by atoms with Gasteiger partial charge >= 0.3 is 5.91 Å². The number of ketones is 1. The van der Waals surface area contributed by atoms with Crippen LogP contribution in [0.15, 0.2) is 89.0 Å². The quantitative estimate of drug-likeness (QED) is 0.130. The second-order valence-corrected chi connectivity index (χ2v) is 9.73. The van der Waals surface area contributed by atoms with E-state index in [1.807, 2.05) is 30.3 Å². The molecule has 0 aliphatic carbocycles. The number of aromatic nitrogens is 3. The molecule has 4 aromatic rings. The van der Waals surface area contributed by atoms with Crippen LogP contribution in [0.5, 0.6) is 0 Å². The number of Topliss-reactive ketones (excluding diaryl/α,β-unsaturated/α-hetero) is 1. The summed E-state index contributed by atoms with van der Waals surface area (Å²) in [6.45, 7) is 0. The average Bonchev–Trinajstić information content (AvgIpc) is 3.46. The van der Waals surface area contributed by atoms with Crippen LogP contribution in [0.3, 0.4) is 0 Å². The highest BCUT2D eigenvalue weighted by Crippen LogP contribution is 2.44. The molecule has 2 aromatic heterocycles. The summed E-state index contributed by atoms with van der Waals surface area (Å²) in [5.74, 6) is -2.23. The van der Waals surface area contributed by atoms with Gasteiger partial charge in [-0.15, -0.1) is 10.2 Å². The van der Waals surface area contributed by atoms with Crippen LogP contribution in [0.25, 0.3) is 5.76 Å². The highest BCUT2D eigenvalue weighted by molar-refractivity contribution is 8.00. The minimum Gasteiger partial charge on any atom is -0.507 e. The van der Waals surface area contributed by atoms with Gasteiger partial charge in [0.1, 0.15) is 17.6 Å². The molecule has 2 aromatic carbocycles. The molecule has 7 nitrogen and oxygen atoms in total. The van der Waals surface area contributed by atoms with E-state index < -0.39 is 29.3 Å². The minimum atomic E-state index is -1.20. The standard InChI is InChI=1S/C25H17FN4O3S2/c26-18-9-5-4-8-17(18)20-19(21(31)16-10-12-27-13-11-16)22(32)23(33)30(20)24-28-29-25(35-24)34-14-15-6-2-1-3-7-15/h1-13,20,31H,14H2/b21-19+. The Labute approximate surface area is 208 Å². The summed E-state index contributed by atoms with van der Waals surface area (Å²) in [7, 11) is 0. The molecule has 5 rings (SSSR count). The molecular formula is C25H17FN4O3S2. The molecule has 1 unspecified atom stereocenters. The smallest absolute Gasteiger partial charge is 0.301 e. The summed E-state index contributed by atoms with van der Waals surface area (Å²) in [6, 6.07) is 17.4. The van der Waals surface area contributed by atoms with Gasteiger partial charge in [-0.05, 0) is 23.8 Å². The highest BCUT2D eigenvalue weighted by Gasteiger charge is 2.49. The molecule has 1 aliphatic rings. The van der Waals surface area contributed by atoms with Crippen LogP contribution in [0.4, 0.5) is 9.52 Å². The lowest BCUT2D eigenvalue weighted by atomic mass is 9.95. The third kappa shape index (κ3) is 4.45. The van der Waals surface area contributed by atoms with Crippen molar-refractivity contribution in [3.8, 4) is 0 Å². The lowest BCUT2D eigenvalue weighted by molar-refractivity contribution is -0.132. The molecule has 1 amide bonds. The number of pyridine rings is 1. The molecular weight excluding hydrogens is 487 g/mol. The molecule has 0 spiro atoms. The second kappa shape index (κ2) is 9.77. The Balaban J connectivity index is 1.56. The number of aliphatic hydroxyl groups excluding tert-OH is 1. The van der Waals surface area contributed by atoms with E-state index in [0.717, 1.165) is 21.8 Å². The van der Waals surface area contributed by atoms with Crippen LogP contribution >= 0.6 is 23.1 Å². The number of carbonyl (C=O) groups excluding carboxylic acids is 2. The molecule has 35 heavy (non-hydrogen) atoms. The Hall–Kier alpha value is -3.89.